The molecule has 1 saturated carbocycles. The van der Waals surface area contributed by atoms with Gasteiger partial charge in [-0.1, -0.05) is 34.6 Å². The Bertz CT molecular complexity index is 219. The second-order valence-corrected chi connectivity index (χ2v) is 7.58. The molecule has 102 valence electrons. The van der Waals surface area contributed by atoms with E-state index in [1.807, 2.05) is 0 Å². The van der Waals surface area contributed by atoms with E-state index in [1.54, 1.807) is 7.11 Å². The highest BCUT2D eigenvalue weighted by Crippen LogP contribution is 2.45. The molecule has 1 fully saturated rings. The predicted octanol–water partition coefficient (Wildman–Crippen LogP) is 3.46. The summed E-state index contributed by atoms with van der Waals surface area (Å²) in [6.45, 7) is 13.8. The Balaban J connectivity index is 2.43. The van der Waals surface area contributed by atoms with Crippen molar-refractivity contribution in [1.82, 2.24) is 5.32 Å². The number of ether oxygens (including phenoxy) is 1. The summed E-state index contributed by atoms with van der Waals surface area (Å²) in [6, 6.07) is 0.674. The van der Waals surface area contributed by atoms with Crippen LogP contribution in [-0.4, -0.2) is 26.3 Å². The molecule has 1 aliphatic carbocycles. The van der Waals surface area contributed by atoms with Crippen LogP contribution in [0, 0.1) is 16.7 Å². The van der Waals surface area contributed by atoms with Gasteiger partial charge in [-0.2, -0.15) is 0 Å². The summed E-state index contributed by atoms with van der Waals surface area (Å²) in [7, 11) is 1.78. The first kappa shape index (κ1) is 15.0. The lowest BCUT2D eigenvalue weighted by atomic mass is 9.63. The van der Waals surface area contributed by atoms with Gasteiger partial charge in [0.25, 0.3) is 0 Å². The topological polar surface area (TPSA) is 21.3 Å². The van der Waals surface area contributed by atoms with Crippen molar-refractivity contribution in [3.63, 3.8) is 0 Å². The fourth-order valence-electron chi connectivity index (χ4n) is 3.70. The molecule has 2 heteroatoms. The van der Waals surface area contributed by atoms with Gasteiger partial charge in [0.2, 0.25) is 0 Å². The van der Waals surface area contributed by atoms with Gasteiger partial charge in [-0.15, -0.1) is 0 Å². The third-order valence-electron chi connectivity index (χ3n) is 3.76. The van der Waals surface area contributed by atoms with Gasteiger partial charge in [0.05, 0.1) is 0 Å². The second-order valence-electron chi connectivity index (χ2n) is 7.58. The van der Waals surface area contributed by atoms with E-state index < -0.39 is 0 Å². The predicted molar refractivity (Wildman–Crippen MR) is 74.2 cm³/mol. The monoisotopic (exact) mass is 241 g/mol. The Kier molecular flexibility index (Phi) is 5.03. The van der Waals surface area contributed by atoms with Gasteiger partial charge in [0, 0.05) is 26.3 Å². The normalized spacial score (nSPS) is 25.8. The van der Waals surface area contributed by atoms with Gasteiger partial charge in [0.15, 0.2) is 0 Å². The van der Waals surface area contributed by atoms with E-state index in [4.69, 9.17) is 4.74 Å². The van der Waals surface area contributed by atoms with E-state index in [-0.39, 0.29) is 0 Å². The van der Waals surface area contributed by atoms with E-state index in [9.17, 15) is 0 Å². The Morgan fingerprint density at radius 3 is 2.18 bits per heavy atom. The molecule has 0 aromatic carbocycles. The molecule has 1 N–H and O–H groups in total. The minimum absolute atomic E-state index is 0.476. The summed E-state index contributed by atoms with van der Waals surface area (Å²) in [5, 5.41) is 3.74. The summed E-state index contributed by atoms with van der Waals surface area (Å²) in [4.78, 5) is 0. The van der Waals surface area contributed by atoms with E-state index >= 15 is 0 Å². The minimum Gasteiger partial charge on any atom is -0.384 e. The fourth-order valence-corrected chi connectivity index (χ4v) is 3.70. The molecular formula is C15H31NO. The molecule has 0 heterocycles. The van der Waals surface area contributed by atoms with Crippen LogP contribution in [0.25, 0.3) is 0 Å². The standard InChI is InChI=1S/C15H31NO/c1-12(10-17-6)9-16-13-7-14(2,3)11-15(4,5)8-13/h12-13,16H,7-11H2,1-6H3. The number of hydrogen-bond donors (Lipinski definition) is 1. The van der Waals surface area contributed by atoms with E-state index in [1.165, 1.54) is 19.3 Å². The molecule has 17 heavy (non-hydrogen) atoms. The van der Waals surface area contributed by atoms with Crippen molar-refractivity contribution >= 4 is 0 Å². The van der Waals surface area contributed by atoms with Crippen molar-refractivity contribution in [3.8, 4) is 0 Å². The van der Waals surface area contributed by atoms with Gasteiger partial charge in [-0.3, -0.25) is 0 Å². The number of nitrogens with one attached hydrogen (secondary N) is 1. The number of methoxy groups -OCH3 is 1. The maximum Gasteiger partial charge on any atom is 0.0499 e. The van der Waals surface area contributed by atoms with Gasteiger partial charge >= 0.3 is 0 Å². The average molecular weight is 241 g/mol. The van der Waals surface area contributed by atoms with Crippen molar-refractivity contribution < 1.29 is 4.74 Å². The lowest BCUT2D eigenvalue weighted by Gasteiger charge is -2.45. The smallest absolute Gasteiger partial charge is 0.0499 e. The molecule has 0 bridgehead atoms. The highest BCUT2D eigenvalue weighted by molar-refractivity contribution is 4.92. The largest absolute Gasteiger partial charge is 0.384 e. The van der Waals surface area contributed by atoms with E-state index in [0.717, 1.165) is 13.2 Å². The Morgan fingerprint density at radius 1 is 1.18 bits per heavy atom. The SMILES string of the molecule is COCC(C)CNC1CC(C)(C)CC(C)(C)C1. The first-order chi connectivity index (χ1) is 7.74. The number of hydrogen-bond acceptors (Lipinski definition) is 2. The molecule has 1 aliphatic rings. The van der Waals surface area contributed by atoms with Crippen molar-refractivity contribution in [2.75, 3.05) is 20.3 Å². The van der Waals surface area contributed by atoms with Gasteiger partial charge in [0.1, 0.15) is 0 Å². The molecule has 1 atom stereocenters. The molecule has 0 aromatic rings. The van der Waals surface area contributed by atoms with Gasteiger partial charge in [-0.05, 0) is 36.0 Å². The maximum absolute atomic E-state index is 5.19. The summed E-state index contributed by atoms with van der Waals surface area (Å²) in [5.41, 5.74) is 0.952. The van der Waals surface area contributed by atoms with Crippen LogP contribution in [-0.2, 0) is 4.74 Å². The van der Waals surface area contributed by atoms with Crippen LogP contribution < -0.4 is 5.32 Å². The molecule has 0 aliphatic heterocycles. The Hall–Kier alpha value is -0.0800. The molecule has 0 spiro atoms. The van der Waals surface area contributed by atoms with Crippen LogP contribution in [0.1, 0.15) is 53.9 Å². The molecular weight excluding hydrogens is 210 g/mol. The summed E-state index contributed by atoms with van der Waals surface area (Å²) in [5.74, 6) is 0.605. The lowest BCUT2D eigenvalue weighted by Crippen LogP contribution is -2.45. The Labute approximate surface area is 108 Å². The summed E-state index contributed by atoms with van der Waals surface area (Å²) < 4.78 is 5.19. The van der Waals surface area contributed by atoms with Crippen molar-refractivity contribution in [3.05, 3.63) is 0 Å². The van der Waals surface area contributed by atoms with Crippen molar-refractivity contribution in [2.24, 2.45) is 16.7 Å². The zero-order valence-electron chi connectivity index (χ0n) is 12.6. The Morgan fingerprint density at radius 2 is 1.71 bits per heavy atom. The minimum atomic E-state index is 0.476. The number of rotatable bonds is 5. The van der Waals surface area contributed by atoms with E-state index in [2.05, 4.69) is 39.9 Å². The third kappa shape index (κ3) is 5.39. The zero-order valence-corrected chi connectivity index (χ0v) is 12.6. The molecule has 1 rings (SSSR count). The molecule has 1 unspecified atom stereocenters. The van der Waals surface area contributed by atoms with E-state index in [0.29, 0.717) is 22.8 Å². The van der Waals surface area contributed by atoms with Crippen LogP contribution in [0.5, 0.6) is 0 Å². The highest BCUT2D eigenvalue weighted by atomic mass is 16.5. The second kappa shape index (κ2) is 5.71. The van der Waals surface area contributed by atoms with Crippen molar-refractivity contribution in [1.29, 1.82) is 0 Å². The van der Waals surface area contributed by atoms with Crippen LogP contribution in [0.3, 0.4) is 0 Å². The quantitative estimate of drug-likeness (QED) is 0.796. The van der Waals surface area contributed by atoms with Crippen LogP contribution in [0.15, 0.2) is 0 Å². The van der Waals surface area contributed by atoms with Crippen molar-refractivity contribution in [2.45, 2.75) is 59.9 Å². The van der Waals surface area contributed by atoms with Gasteiger partial charge < -0.3 is 10.1 Å². The fraction of sp³-hybridized carbons (Fsp3) is 1.00. The highest BCUT2D eigenvalue weighted by Gasteiger charge is 2.38. The summed E-state index contributed by atoms with van der Waals surface area (Å²) in [6.07, 6.45) is 3.94. The average Bonchev–Trinajstić information content (AvgIpc) is 2.10. The maximum atomic E-state index is 5.19. The van der Waals surface area contributed by atoms with Crippen LogP contribution in [0.2, 0.25) is 0 Å². The van der Waals surface area contributed by atoms with Crippen LogP contribution >= 0.6 is 0 Å². The zero-order chi connectivity index (χ0) is 13.1. The first-order valence-electron chi connectivity index (χ1n) is 6.96. The molecule has 0 aromatic heterocycles. The summed E-state index contributed by atoms with van der Waals surface area (Å²) >= 11 is 0. The molecule has 2 nitrogen and oxygen atoms in total. The molecule has 0 saturated heterocycles. The van der Waals surface area contributed by atoms with Crippen LogP contribution in [0.4, 0.5) is 0 Å². The molecule has 0 radical (unpaired) electrons. The first-order valence-corrected chi connectivity index (χ1v) is 6.96. The lowest BCUT2D eigenvalue weighted by molar-refractivity contribution is 0.0803. The third-order valence-corrected chi connectivity index (χ3v) is 3.76. The van der Waals surface area contributed by atoms with Gasteiger partial charge in [-0.25, -0.2) is 0 Å². The molecule has 0 amide bonds.